The summed E-state index contributed by atoms with van der Waals surface area (Å²) in [5.41, 5.74) is 8.54. The molecule has 100 valence electrons. The smallest absolute Gasteiger partial charge is 0.174 e. The molecule has 0 aliphatic rings. The van der Waals surface area contributed by atoms with Gasteiger partial charge in [0, 0.05) is 12.6 Å². The van der Waals surface area contributed by atoms with Gasteiger partial charge in [0.2, 0.25) is 0 Å². The molecule has 0 fully saturated rings. The number of ketones is 1. The third kappa shape index (κ3) is 3.12. The number of anilines is 2. The summed E-state index contributed by atoms with van der Waals surface area (Å²) in [5.74, 6) is 0.0876. The van der Waals surface area contributed by atoms with Gasteiger partial charge in [-0.25, -0.2) is 0 Å². The molecule has 2 aromatic heterocycles. The lowest BCUT2D eigenvalue weighted by atomic mass is 10.2. The van der Waals surface area contributed by atoms with Gasteiger partial charge in [0.1, 0.15) is 0 Å². The van der Waals surface area contributed by atoms with Crippen LogP contribution in [-0.4, -0.2) is 10.8 Å². The number of aryl methyl sites for hydroxylation is 1. The van der Waals surface area contributed by atoms with E-state index in [1.54, 1.807) is 6.20 Å². The van der Waals surface area contributed by atoms with Crippen molar-refractivity contribution >= 4 is 27.8 Å². The number of pyridine rings is 1. The molecule has 3 N–H and O–H groups in total. The highest BCUT2D eigenvalue weighted by Crippen LogP contribution is 2.30. The lowest BCUT2D eigenvalue weighted by Crippen LogP contribution is -2.02. The SMILES string of the molecule is CCC(=O)c1sc(NCc2ncccc2C)cc1N. The van der Waals surface area contributed by atoms with Crippen LogP contribution in [0.25, 0.3) is 0 Å². The van der Waals surface area contributed by atoms with Gasteiger partial charge in [0.15, 0.2) is 5.78 Å². The van der Waals surface area contributed by atoms with Gasteiger partial charge in [0.05, 0.1) is 27.8 Å². The molecular weight excluding hydrogens is 258 g/mol. The molecule has 2 rings (SSSR count). The molecule has 0 aromatic carbocycles. The highest BCUT2D eigenvalue weighted by atomic mass is 32.1. The highest BCUT2D eigenvalue weighted by Gasteiger charge is 2.12. The zero-order valence-corrected chi connectivity index (χ0v) is 11.9. The van der Waals surface area contributed by atoms with E-state index in [0.29, 0.717) is 23.5 Å². The number of nitrogens with zero attached hydrogens (tertiary/aromatic N) is 1. The molecule has 5 heteroatoms. The van der Waals surface area contributed by atoms with Crippen LogP contribution in [0.3, 0.4) is 0 Å². The molecule has 0 atom stereocenters. The number of carbonyl (C=O) groups is 1. The van der Waals surface area contributed by atoms with Crippen molar-refractivity contribution in [2.75, 3.05) is 11.1 Å². The van der Waals surface area contributed by atoms with Gasteiger partial charge in [-0.15, -0.1) is 11.3 Å². The van der Waals surface area contributed by atoms with Crippen molar-refractivity contribution in [1.82, 2.24) is 4.98 Å². The van der Waals surface area contributed by atoms with Crippen LogP contribution in [0.5, 0.6) is 0 Å². The van der Waals surface area contributed by atoms with E-state index in [1.165, 1.54) is 11.3 Å². The Kier molecular flexibility index (Phi) is 4.16. The summed E-state index contributed by atoms with van der Waals surface area (Å²) in [7, 11) is 0. The number of rotatable bonds is 5. The van der Waals surface area contributed by atoms with Gasteiger partial charge in [-0.05, 0) is 24.6 Å². The first-order valence-electron chi connectivity index (χ1n) is 6.18. The third-order valence-electron chi connectivity index (χ3n) is 2.88. The number of nitrogens with one attached hydrogen (secondary N) is 1. The first-order valence-corrected chi connectivity index (χ1v) is 7.00. The molecule has 0 aliphatic heterocycles. The van der Waals surface area contributed by atoms with Gasteiger partial charge in [-0.3, -0.25) is 9.78 Å². The average Bonchev–Trinajstić information content (AvgIpc) is 2.78. The number of carbonyl (C=O) groups excluding carboxylic acids is 1. The van der Waals surface area contributed by atoms with Crippen molar-refractivity contribution in [3.05, 3.63) is 40.5 Å². The zero-order chi connectivity index (χ0) is 13.8. The lowest BCUT2D eigenvalue weighted by molar-refractivity contribution is 0.0993. The number of hydrogen-bond acceptors (Lipinski definition) is 5. The summed E-state index contributed by atoms with van der Waals surface area (Å²) in [4.78, 5) is 16.6. The summed E-state index contributed by atoms with van der Waals surface area (Å²) < 4.78 is 0. The molecule has 2 heterocycles. The Morgan fingerprint density at radius 2 is 2.32 bits per heavy atom. The number of Topliss-reactive ketones (excluding diaryl/α,β-unsaturated/α-hetero) is 1. The van der Waals surface area contributed by atoms with Crippen LogP contribution in [0.15, 0.2) is 24.4 Å². The van der Waals surface area contributed by atoms with Gasteiger partial charge >= 0.3 is 0 Å². The van der Waals surface area contributed by atoms with Crippen LogP contribution in [-0.2, 0) is 6.54 Å². The van der Waals surface area contributed by atoms with Crippen molar-refractivity contribution < 1.29 is 4.79 Å². The molecule has 0 saturated carbocycles. The molecule has 4 nitrogen and oxygen atoms in total. The van der Waals surface area contributed by atoms with Crippen molar-refractivity contribution in [3.63, 3.8) is 0 Å². The monoisotopic (exact) mass is 275 g/mol. The first-order chi connectivity index (χ1) is 9.11. The summed E-state index contributed by atoms with van der Waals surface area (Å²) in [5, 5.41) is 4.17. The summed E-state index contributed by atoms with van der Waals surface area (Å²) in [6.07, 6.45) is 2.25. The molecule has 2 aromatic rings. The Bertz CT molecular complexity index is 592. The number of aromatic nitrogens is 1. The third-order valence-corrected chi connectivity index (χ3v) is 4.03. The van der Waals surface area contributed by atoms with Crippen LogP contribution < -0.4 is 11.1 Å². The Labute approximate surface area is 116 Å². The minimum absolute atomic E-state index is 0.0876. The summed E-state index contributed by atoms with van der Waals surface area (Å²) >= 11 is 1.40. The molecule has 0 radical (unpaired) electrons. The topological polar surface area (TPSA) is 68.0 Å². The van der Waals surface area contributed by atoms with E-state index in [4.69, 9.17) is 5.73 Å². The maximum Gasteiger partial charge on any atom is 0.174 e. The Hall–Kier alpha value is -1.88. The van der Waals surface area contributed by atoms with Gasteiger partial charge < -0.3 is 11.1 Å². The van der Waals surface area contributed by atoms with Crippen molar-refractivity contribution in [2.45, 2.75) is 26.8 Å². The normalized spacial score (nSPS) is 10.4. The second-order valence-corrected chi connectivity index (χ2v) is 5.34. The largest absolute Gasteiger partial charge is 0.397 e. The zero-order valence-electron chi connectivity index (χ0n) is 11.1. The van der Waals surface area contributed by atoms with Crippen molar-refractivity contribution in [2.24, 2.45) is 0 Å². The highest BCUT2D eigenvalue weighted by molar-refractivity contribution is 7.18. The van der Waals surface area contributed by atoms with Crippen molar-refractivity contribution in [3.8, 4) is 0 Å². The molecule has 19 heavy (non-hydrogen) atoms. The fourth-order valence-corrected chi connectivity index (χ4v) is 2.73. The lowest BCUT2D eigenvalue weighted by Gasteiger charge is -2.05. The van der Waals surface area contributed by atoms with E-state index < -0.39 is 0 Å². The second-order valence-electron chi connectivity index (χ2n) is 4.29. The second kappa shape index (κ2) is 5.84. The summed E-state index contributed by atoms with van der Waals surface area (Å²) in [6, 6.07) is 5.75. The van der Waals surface area contributed by atoms with E-state index >= 15 is 0 Å². The van der Waals surface area contributed by atoms with E-state index in [9.17, 15) is 4.79 Å². The molecule has 0 unspecified atom stereocenters. The number of nitrogens with two attached hydrogens (primary N) is 1. The fourth-order valence-electron chi connectivity index (χ4n) is 1.74. The molecule has 0 spiro atoms. The number of hydrogen-bond donors (Lipinski definition) is 2. The maximum atomic E-state index is 11.7. The Balaban J connectivity index is 2.09. The molecule has 0 amide bonds. The van der Waals surface area contributed by atoms with Gasteiger partial charge in [0.25, 0.3) is 0 Å². The molecular formula is C14H17N3OS. The van der Waals surface area contributed by atoms with Crippen molar-refractivity contribution in [1.29, 1.82) is 0 Å². The van der Waals surface area contributed by atoms with E-state index in [0.717, 1.165) is 16.3 Å². The minimum atomic E-state index is 0.0876. The predicted molar refractivity (Wildman–Crippen MR) is 79.7 cm³/mol. The van der Waals surface area contributed by atoms with E-state index in [1.807, 2.05) is 32.0 Å². The average molecular weight is 275 g/mol. The van der Waals surface area contributed by atoms with Crippen LogP contribution in [0.4, 0.5) is 10.7 Å². The minimum Gasteiger partial charge on any atom is -0.397 e. The number of thiophene rings is 1. The molecule has 0 aliphatic carbocycles. The van der Waals surface area contributed by atoms with Crippen LogP contribution in [0.1, 0.15) is 34.3 Å². The summed E-state index contributed by atoms with van der Waals surface area (Å²) in [6.45, 7) is 4.50. The first kappa shape index (κ1) is 13.5. The van der Waals surface area contributed by atoms with Crippen LogP contribution >= 0.6 is 11.3 Å². The Morgan fingerprint density at radius 3 is 3.00 bits per heavy atom. The maximum absolute atomic E-state index is 11.7. The van der Waals surface area contributed by atoms with E-state index in [-0.39, 0.29) is 5.78 Å². The van der Waals surface area contributed by atoms with Crippen LogP contribution in [0, 0.1) is 6.92 Å². The van der Waals surface area contributed by atoms with Gasteiger partial charge in [-0.2, -0.15) is 0 Å². The standard InChI is InChI=1S/C14H17N3OS/c1-3-12(18)14-10(15)7-13(19-14)17-8-11-9(2)5-4-6-16-11/h4-7,17H,3,8,15H2,1-2H3. The Morgan fingerprint density at radius 1 is 1.53 bits per heavy atom. The van der Waals surface area contributed by atoms with Crippen LogP contribution in [0.2, 0.25) is 0 Å². The predicted octanol–water partition coefficient (Wildman–Crippen LogP) is 3.24. The van der Waals surface area contributed by atoms with E-state index in [2.05, 4.69) is 10.3 Å². The quantitative estimate of drug-likeness (QED) is 0.822. The fraction of sp³-hybridized carbons (Fsp3) is 0.286. The molecule has 0 saturated heterocycles. The molecule has 0 bridgehead atoms. The number of nitrogen functional groups attached to an aromatic ring is 1. The van der Waals surface area contributed by atoms with Gasteiger partial charge in [-0.1, -0.05) is 13.0 Å².